The fourth-order valence-electron chi connectivity index (χ4n) is 9.84. The van der Waals surface area contributed by atoms with E-state index < -0.39 is 32.3 Å². The standard InChI is InChI=1S/C66H70Si4/c1-67(2,3)55-37-21-47(22-38-55)45-63(51-33-41-57(42-34-51)69(7,8)9)49-25-29-53(30-26-49)65-59-17-13-15-19-61(59)66(62-20-16-14-18-60(62)65)54-31-27-50(28-32-54)64(52-35-43-58(44-36-52)70(10,11)12)46-48-23-39-56(40-24-48)68(4,5)6/h13-46H,1-12H3/b63-45-,64-46-. The summed E-state index contributed by atoms with van der Waals surface area (Å²) in [5.41, 5.74) is 14.8. The topological polar surface area (TPSA) is 0 Å². The Balaban J connectivity index is 1.13. The average Bonchev–Trinajstić information content (AvgIpc) is 3.34. The maximum absolute atomic E-state index is 2.42. The second-order valence-corrected chi connectivity index (χ2v) is 43.8. The first-order chi connectivity index (χ1) is 33.2. The first-order valence-electron chi connectivity index (χ1n) is 25.2. The normalized spacial score (nSPS) is 13.0. The molecule has 0 saturated carbocycles. The molecule has 9 rings (SSSR count). The van der Waals surface area contributed by atoms with Gasteiger partial charge in [0.1, 0.15) is 0 Å². The minimum absolute atomic E-state index is 1.22. The highest BCUT2D eigenvalue weighted by Gasteiger charge is 2.22. The number of fused-ring (bicyclic) bond motifs is 2. The smallest absolute Gasteiger partial charge is 0.0656 e. The highest BCUT2D eigenvalue weighted by Crippen LogP contribution is 2.44. The number of hydrogen-bond donors (Lipinski definition) is 0. The lowest BCUT2D eigenvalue weighted by Gasteiger charge is -2.19. The van der Waals surface area contributed by atoms with Crippen LogP contribution >= 0.6 is 0 Å². The molecule has 9 aromatic carbocycles. The van der Waals surface area contributed by atoms with Crippen LogP contribution < -0.4 is 20.7 Å². The van der Waals surface area contributed by atoms with Gasteiger partial charge in [0.05, 0.1) is 32.3 Å². The van der Waals surface area contributed by atoms with Crippen molar-refractivity contribution in [3.8, 4) is 22.3 Å². The Labute approximate surface area is 423 Å². The molecule has 0 aliphatic carbocycles. The van der Waals surface area contributed by atoms with Gasteiger partial charge >= 0.3 is 0 Å². The van der Waals surface area contributed by atoms with Crippen LogP contribution in [0.4, 0.5) is 0 Å². The van der Waals surface area contributed by atoms with E-state index in [1.54, 1.807) is 0 Å². The molecule has 0 amide bonds. The Morgan fingerprint density at radius 1 is 0.257 bits per heavy atom. The maximum atomic E-state index is 2.42. The van der Waals surface area contributed by atoms with E-state index in [4.69, 9.17) is 0 Å². The molecule has 0 fully saturated rings. The molecular formula is C66H70Si4. The van der Waals surface area contributed by atoms with Crippen molar-refractivity contribution in [3.63, 3.8) is 0 Å². The van der Waals surface area contributed by atoms with Gasteiger partial charge in [0, 0.05) is 0 Å². The fraction of sp³-hybridized carbons (Fsp3) is 0.182. The zero-order valence-corrected chi connectivity index (χ0v) is 47.6. The van der Waals surface area contributed by atoms with Crippen molar-refractivity contribution in [3.05, 3.63) is 228 Å². The summed E-state index contributed by atoms with van der Waals surface area (Å²) in [4.78, 5) is 0. The van der Waals surface area contributed by atoms with E-state index in [2.05, 4.69) is 285 Å². The van der Waals surface area contributed by atoms with Crippen LogP contribution in [0.5, 0.6) is 0 Å². The summed E-state index contributed by atoms with van der Waals surface area (Å²) in [6, 6.07) is 74.2. The lowest BCUT2D eigenvalue weighted by molar-refractivity contribution is 1.55. The van der Waals surface area contributed by atoms with E-state index in [9.17, 15) is 0 Å². The number of benzene rings is 9. The predicted octanol–water partition coefficient (Wildman–Crippen LogP) is 16.7. The van der Waals surface area contributed by atoms with Crippen LogP contribution in [-0.2, 0) is 0 Å². The van der Waals surface area contributed by atoms with Crippen LogP contribution in [0, 0.1) is 0 Å². The van der Waals surface area contributed by atoms with Gasteiger partial charge in [-0.15, -0.1) is 0 Å². The van der Waals surface area contributed by atoms with Crippen LogP contribution in [0.3, 0.4) is 0 Å². The molecular weight excluding hydrogens is 905 g/mol. The average molecular weight is 976 g/mol. The van der Waals surface area contributed by atoms with Gasteiger partial charge in [0.25, 0.3) is 0 Å². The molecule has 70 heavy (non-hydrogen) atoms. The van der Waals surface area contributed by atoms with Gasteiger partial charge in [-0.2, -0.15) is 0 Å². The van der Waals surface area contributed by atoms with Gasteiger partial charge in [-0.05, 0) is 100 Å². The molecule has 0 nitrogen and oxygen atoms in total. The SMILES string of the molecule is C[Si](C)(C)c1ccc(/C=C(/c2ccc(-c3c4ccccc4c(-c4ccc(/C(=C/c5ccc([Si](C)(C)C)cc5)c5ccc([Si](C)(C)C)cc5)cc4)c4ccccc34)cc2)c2ccc([Si](C)(C)C)cc2)cc1. The lowest BCUT2D eigenvalue weighted by atomic mass is 9.85. The van der Waals surface area contributed by atoms with E-state index >= 15 is 0 Å². The maximum Gasteiger partial charge on any atom is 0.0775 e. The molecule has 0 unspecified atom stereocenters. The van der Waals surface area contributed by atoms with Crippen molar-refractivity contribution in [2.24, 2.45) is 0 Å². The monoisotopic (exact) mass is 974 g/mol. The second kappa shape index (κ2) is 19.2. The summed E-state index contributed by atoms with van der Waals surface area (Å²) >= 11 is 0. The zero-order chi connectivity index (χ0) is 49.6. The molecule has 4 heteroatoms. The molecule has 9 aromatic rings. The summed E-state index contributed by atoms with van der Waals surface area (Å²) in [5, 5.41) is 11.0. The fourth-order valence-corrected chi connectivity index (χ4v) is 14.5. The first kappa shape index (κ1) is 48.9. The molecule has 0 bridgehead atoms. The predicted molar refractivity (Wildman–Crippen MR) is 324 cm³/mol. The van der Waals surface area contributed by atoms with Gasteiger partial charge in [0.15, 0.2) is 0 Å². The molecule has 0 heterocycles. The molecule has 0 atom stereocenters. The van der Waals surface area contributed by atoms with E-state index in [1.165, 1.54) is 109 Å². The van der Waals surface area contributed by atoms with Gasteiger partial charge in [-0.25, -0.2) is 0 Å². The van der Waals surface area contributed by atoms with Crippen LogP contribution in [0.1, 0.15) is 33.4 Å². The molecule has 0 spiro atoms. The highest BCUT2D eigenvalue weighted by atomic mass is 28.3. The third-order valence-corrected chi connectivity index (χ3v) is 22.5. The van der Waals surface area contributed by atoms with Crippen molar-refractivity contribution < 1.29 is 0 Å². The van der Waals surface area contributed by atoms with Gasteiger partial charge in [-0.1, -0.05) is 293 Å². The van der Waals surface area contributed by atoms with Gasteiger partial charge in [-0.3, -0.25) is 0 Å². The Morgan fingerprint density at radius 2 is 0.471 bits per heavy atom. The minimum Gasteiger partial charge on any atom is -0.0656 e. The molecule has 0 radical (unpaired) electrons. The summed E-state index contributed by atoms with van der Waals surface area (Å²) in [6.07, 6.45) is 4.76. The molecule has 0 aliphatic heterocycles. The Morgan fingerprint density at radius 3 is 0.700 bits per heavy atom. The van der Waals surface area contributed by atoms with Crippen LogP contribution in [0.2, 0.25) is 78.6 Å². The van der Waals surface area contributed by atoms with Crippen molar-refractivity contribution in [1.82, 2.24) is 0 Å². The first-order valence-corrected chi connectivity index (χ1v) is 39.2. The van der Waals surface area contributed by atoms with Crippen LogP contribution in [0.25, 0.3) is 67.1 Å². The van der Waals surface area contributed by atoms with Crippen molar-refractivity contribution in [1.29, 1.82) is 0 Å². The number of hydrogen-bond acceptors (Lipinski definition) is 0. The summed E-state index contributed by atoms with van der Waals surface area (Å²) < 4.78 is 0. The van der Waals surface area contributed by atoms with Gasteiger partial charge in [0.2, 0.25) is 0 Å². The Bertz CT molecular complexity index is 3080. The largest absolute Gasteiger partial charge is 0.0775 e. The second-order valence-electron chi connectivity index (χ2n) is 23.5. The quantitative estimate of drug-likeness (QED) is 0.0650. The lowest BCUT2D eigenvalue weighted by Crippen LogP contribution is -2.37. The summed E-state index contributed by atoms with van der Waals surface area (Å²) in [5.74, 6) is 0. The third kappa shape index (κ3) is 10.5. The summed E-state index contributed by atoms with van der Waals surface area (Å²) in [6.45, 7) is 29.0. The highest BCUT2D eigenvalue weighted by molar-refractivity contribution is 6.90. The molecule has 0 N–H and O–H groups in total. The Kier molecular flexibility index (Phi) is 13.4. The van der Waals surface area contributed by atoms with Crippen LogP contribution in [0.15, 0.2) is 194 Å². The van der Waals surface area contributed by atoms with E-state index in [0.717, 1.165) is 0 Å². The zero-order valence-electron chi connectivity index (χ0n) is 43.6. The van der Waals surface area contributed by atoms with E-state index in [0.29, 0.717) is 0 Å². The summed E-state index contributed by atoms with van der Waals surface area (Å²) in [7, 11) is -5.71. The molecule has 350 valence electrons. The van der Waals surface area contributed by atoms with E-state index in [1.807, 2.05) is 0 Å². The van der Waals surface area contributed by atoms with Crippen LogP contribution in [-0.4, -0.2) is 32.3 Å². The Hall–Kier alpha value is -6.15. The minimum atomic E-state index is -1.45. The van der Waals surface area contributed by atoms with Crippen molar-refractivity contribution in [2.75, 3.05) is 0 Å². The van der Waals surface area contributed by atoms with Crippen molar-refractivity contribution >= 4 is 97.9 Å². The number of rotatable bonds is 12. The third-order valence-electron chi connectivity index (χ3n) is 14.2. The van der Waals surface area contributed by atoms with Gasteiger partial charge < -0.3 is 0 Å². The molecule has 0 saturated heterocycles. The van der Waals surface area contributed by atoms with E-state index in [-0.39, 0.29) is 0 Å². The van der Waals surface area contributed by atoms with Crippen molar-refractivity contribution in [2.45, 2.75) is 78.6 Å². The molecule has 0 aromatic heterocycles. The molecule has 0 aliphatic rings.